The fourth-order valence-electron chi connectivity index (χ4n) is 1.03. The van der Waals surface area contributed by atoms with Gasteiger partial charge in [0.15, 0.2) is 5.82 Å². The first kappa shape index (κ1) is 12.4. The molecule has 0 amide bonds. The van der Waals surface area contributed by atoms with E-state index in [1.165, 1.54) is 17.3 Å². The Balaban J connectivity index is 2.90. The van der Waals surface area contributed by atoms with Crippen molar-refractivity contribution in [3.8, 4) is 0 Å². The molecule has 16 heavy (non-hydrogen) atoms. The lowest BCUT2D eigenvalue weighted by Gasteiger charge is -2.19. The van der Waals surface area contributed by atoms with Crippen molar-refractivity contribution in [1.29, 1.82) is 0 Å². The molecule has 1 aliphatic rings. The summed E-state index contributed by atoms with van der Waals surface area (Å²) in [6.45, 7) is 3.78. The molecule has 6 heteroatoms. The summed E-state index contributed by atoms with van der Waals surface area (Å²) in [4.78, 5) is 15.2. The number of hydrogen-bond acceptors (Lipinski definition) is 5. The molecule has 0 bridgehead atoms. The van der Waals surface area contributed by atoms with E-state index in [1.54, 1.807) is 26.1 Å². The summed E-state index contributed by atoms with van der Waals surface area (Å²) in [5.41, 5.74) is 0. The van der Waals surface area contributed by atoms with Gasteiger partial charge in [0.2, 0.25) is 0 Å². The van der Waals surface area contributed by atoms with Crippen LogP contribution in [0.25, 0.3) is 0 Å². The molecular weight excluding hydrogens is 230 g/mol. The van der Waals surface area contributed by atoms with Crippen LogP contribution in [0.2, 0.25) is 0 Å². The summed E-state index contributed by atoms with van der Waals surface area (Å²) < 4.78 is 4.78. The van der Waals surface area contributed by atoms with Gasteiger partial charge in [0.25, 0.3) is 0 Å². The minimum atomic E-state index is -0.475. The summed E-state index contributed by atoms with van der Waals surface area (Å²) in [5.74, 6) is -0.152. The average Bonchev–Trinajstić information content (AvgIpc) is 2.23. The van der Waals surface area contributed by atoms with Crippen molar-refractivity contribution in [2.24, 2.45) is 10.1 Å². The molecule has 0 unspecified atom stereocenters. The molecule has 0 saturated carbocycles. The van der Waals surface area contributed by atoms with Crippen molar-refractivity contribution in [2.75, 3.05) is 6.61 Å². The van der Waals surface area contributed by atoms with Crippen molar-refractivity contribution in [2.45, 2.75) is 13.8 Å². The van der Waals surface area contributed by atoms with E-state index >= 15 is 0 Å². The molecule has 5 nitrogen and oxygen atoms in total. The van der Waals surface area contributed by atoms with Gasteiger partial charge in [0, 0.05) is 12.4 Å². The Kier molecular flexibility index (Phi) is 4.72. The number of hydrazone groups is 1. The Bertz CT molecular complexity index is 386. The molecule has 0 spiro atoms. The first-order valence-electron chi connectivity index (χ1n) is 4.76. The number of allylic oxidation sites excluding steroid dienone is 1. The topological polar surface area (TPSA) is 54.3 Å². The highest BCUT2D eigenvalue weighted by atomic mass is 35.5. The van der Waals surface area contributed by atoms with Crippen LogP contribution in [0.1, 0.15) is 13.8 Å². The predicted octanol–water partition coefficient (Wildman–Crippen LogP) is 1.86. The largest absolute Gasteiger partial charge is 0.463 e. The monoisotopic (exact) mass is 241 g/mol. The van der Waals surface area contributed by atoms with E-state index in [9.17, 15) is 4.79 Å². The number of rotatable bonds is 3. The van der Waals surface area contributed by atoms with Gasteiger partial charge in [0.1, 0.15) is 5.16 Å². The van der Waals surface area contributed by atoms with Crippen molar-refractivity contribution < 1.29 is 9.53 Å². The zero-order chi connectivity index (χ0) is 12.0. The average molecular weight is 242 g/mol. The van der Waals surface area contributed by atoms with Gasteiger partial charge in [-0.25, -0.2) is 14.8 Å². The smallest absolute Gasteiger partial charge is 0.334 e. The van der Waals surface area contributed by atoms with Crippen LogP contribution in [0, 0.1) is 0 Å². The molecule has 1 aliphatic heterocycles. The summed E-state index contributed by atoms with van der Waals surface area (Å²) in [6.07, 6.45) is 5.87. The van der Waals surface area contributed by atoms with Gasteiger partial charge >= 0.3 is 5.97 Å². The van der Waals surface area contributed by atoms with E-state index in [-0.39, 0.29) is 0 Å². The highest BCUT2D eigenvalue weighted by Crippen LogP contribution is 2.20. The number of ether oxygens (including phenoxy) is 1. The fraction of sp³-hybridized carbons (Fsp3) is 0.300. The maximum Gasteiger partial charge on any atom is 0.334 e. The molecule has 0 atom stereocenters. The molecule has 0 aromatic carbocycles. The molecule has 0 saturated heterocycles. The summed E-state index contributed by atoms with van der Waals surface area (Å²) in [6, 6.07) is 0. The molecule has 0 N–H and O–H groups in total. The van der Waals surface area contributed by atoms with E-state index in [0.717, 1.165) is 0 Å². The second kappa shape index (κ2) is 6.07. The van der Waals surface area contributed by atoms with Gasteiger partial charge in [-0.3, -0.25) is 0 Å². The summed E-state index contributed by atoms with van der Waals surface area (Å²) in [5, 5.41) is 5.69. The standard InChI is InChI=1S/C10H12ClN3O2/c1-3-13-14-8(11)5-6-12-9(14)7-10(15)16-4-2/h3,5-7H,4H2,1-2H3/b9-7+,13-3-. The van der Waals surface area contributed by atoms with Crippen LogP contribution in [0.4, 0.5) is 0 Å². The van der Waals surface area contributed by atoms with Crippen molar-refractivity contribution >= 4 is 30.0 Å². The highest BCUT2D eigenvalue weighted by Gasteiger charge is 2.15. The van der Waals surface area contributed by atoms with Crippen molar-refractivity contribution in [3.63, 3.8) is 0 Å². The van der Waals surface area contributed by atoms with E-state index in [1.807, 2.05) is 0 Å². The van der Waals surface area contributed by atoms with Crippen LogP contribution < -0.4 is 0 Å². The molecule has 86 valence electrons. The van der Waals surface area contributed by atoms with Crippen molar-refractivity contribution in [3.05, 3.63) is 23.1 Å². The van der Waals surface area contributed by atoms with Crippen LogP contribution in [0.15, 0.2) is 33.2 Å². The third-order valence-electron chi connectivity index (χ3n) is 1.60. The third-order valence-corrected chi connectivity index (χ3v) is 1.89. The molecule has 0 aliphatic carbocycles. The van der Waals surface area contributed by atoms with Crippen LogP contribution in [0.3, 0.4) is 0 Å². The van der Waals surface area contributed by atoms with Gasteiger partial charge in [-0.15, -0.1) is 0 Å². The zero-order valence-electron chi connectivity index (χ0n) is 9.05. The maximum atomic E-state index is 11.3. The predicted molar refractivity (Wildman–Crippen MR) is 63.1 cm³/mol. The molecule has 0 radical (unpaired) electrons. The molecule has 1 heterocycles. The summed E-state index contributed by atoms with van der Waals surface area (Å²) >= 11 is 5.91. The van der Waals surface area contributed by atoms with E-state index in [4.69, 9.17) is 16.3 Å². The lowest BCUT2D eigenvalue weighted by atomic mass is 10.4. The van der Waals surface area contributed by atoms with Crippen LogP contribution >= 0.6 is 11.6 Å². The molecule has 1 rings (SSSR count). The summed E-state index contributed by atoms with van der Waals surface area (Å²) in [7, 11) is 0. The zero-order valence-corrected chi connectivity index (χ0v) is 9.81. The molecule has 0 aromatic heterocycles. The Hall–Kier alpha value is -1.62. The lowest BCUT2D eigenvalue weighted by Crippen LogP contribution is -2.17. The second-order valence-corrected chi connectivity index (χ2v) is 3.09. The van der Waals surface area contributed by atoms with Crippen molar-refractivity contribution in [1.82, 2.24) is 5.01 Å². The van der Waals surface area contributed by atoms with E-state index < -0.39 is 5.97 Å². The Labute approximate surface area is 98.7 Å². The van der Waals surface area contributed by atoms with Crippen LogP contribution in [-0.2, 0) is 9.53 Å². The van der Waals surface area contributed by atoms with Gasteiger partial charge in [-0.1, -0.05) is 11.6 Å². The van der Waals surface area contributed by atoms with Gasteiger partial charge in [-0.2, -0.15) is 5.10 Å². The number of halogens is 1. The molecule has 0 fully saturated rings. The van der Waals surface area contributed by atoms with Gasteiger partial charge in [-0.05, 0) is 19.9 Å². The second-order valence-electron chi connectivity index (χ2n) is 2.71. The Morgan fingerprint density at radius 2 is 2.50 bits per heavy atom. The first-order valence-corrected chi connectivity index (χ1v) is 5.13. The SMILES string of the molecule is C/C=N\N1C(Cl)=CC=N/C1=C\C(=O)OCC. The molecule has 0 aromatic rings. The highest BCUT2D eigenvalue weighted by molar-refractivity contribution is 6.30. The van der Waals surface area contributed by atoms with Gasteiger partial charge < -0.3 is 4.74 Å². The number of carbonyl (C=O) groups is 1. The third kappa shape index (κ3) is 3.20. The Morgan fingerprint density at radius 1 is 1.75 bits per heavy atom. The first-order chi connectivity index (χ1) is 7.69. The maximum absolute atomic E-state index is 11.3. The van der Waals surface area contributed by atoms with Crippen LogP contribution in [0.5, 0.6) is 0 Å². The lowest BCUT2D eigenvalue weighted by molar-refractivity contribution is -0.137. The minimum Gasteiger partial charge on any atom is -0.463 e. The quantitative estimate of drug-likeness (QED) is 0.328. The number of aliphatic imine (C=N–C) groups is 1. The number of hydrogen-bond donors (Lipinski definition) is 0. The van der Waals surface area contributed by atoms with Crippen LogP contribution in [-0.4, -0.2) is 30.0 Å². The Morgan fingerprint density at radius 3 is 3.12 bits per heavy atom. The van der Waals surface area contributed by atoms with Gasteiger partial charge in [0.05, 0.1) is 12.7 Å². The fourth-order valence-corrected chi connectivity index (χ4v) is 1.21. The number of esters is 1. The minimum absolute atomic E-state index is 0.312. The van der Waals surface area contributed by atoms with E-state index in [2.05, 4.69) is 10.1 Å². The number of carbonyl (C=O) groups excluding carboxylic acids is 1. The van der Waals surface area contributed by atoms with E-state index in [0.29, 0.717) is 17.6 Å². The molecular formula is C10H12ClN3O2. The normalized spacial score (nSPS) is 18.1. The number of nitrogens with zero attached hydrogens (tertiary/aromatic N) is 3.